The molecule has 0 aliphatic carbocycles. The summed E-state index contributed by atoms with van der Waals surface area (Å²) in [5.74, 6) is -0.187. The minimum absolute atomic E-state index is 0. The van der Waals surface area contributed by atoms with Crippen molar-refractivity contribution < 1.29 is 90.0 Å². The number of pyridine rings is 3. The first-order valence-corrected chi connectivity index (χ1v) is 36.4. The van der Waals surface area contributed by atoms with Crippen molar-refractivity contribution in [2.24, 2.45) is 0 Å². The number of carbonyl (C=O) groups excluding carboxylic acids is 3. The van der Waals surface area contributed by atoms with Gasteiger partial charge < -0.3 is 30.3 Å². The Bertz CT molecular complexity index is 5480. The molecule has 0 saturated heterocycles. The Labute approximate surface area is 685 Å². The minimum atomic E-state index is -0.125. The van der Waals surface area contributed by atoms with Crippen LogP contribution in [0.3, 0.4) is 0 Å². The van der Waals surface area contributed by atoms with Gasteiger partial charge in [-0.15, -0.1) is 140 Å². The molecule has 3 N–H and O–H groups in total. The Balaban J connectivity index is 0.000000196. The fourth-order valence-electron chi connectivity index (χ4n) is 11.3. The number of aryl methyl sites for hydroxylation is 3. The average Bonchev–Trinajstić information content (AvgIpc) is 1.64. The number of benzene rings is 9. The molecule has 0 aliphatic heterocycles. The molecule has 0 bridgehead atoms. The molecule has 6 heterocycles. The van der Waals surface area contributed by atoms with Crippen LogP contribution >= 0.6 is 34.0 Å². The number of hydrogen-bond acceptors (Lipinski definition) is 12. The van der Waals surface area contributed by atoms with Crippen LogP contribution in [-0.2, 0) is 74.7 Å². The fraction of sp³-hybridized carbons (Fsp3) is 0.0968. The summed E-state index contributed by atoms with van der Waals surface area (Å²) in [6, 6.07) is 99.0. The molecule has 0 spiro atoms. The van der Waals surface area contributed by atoms with E-state index in [9.17, 15) is 14.4 Å². The molecule has 0 aliphatic rings. The van der Waals surface area contributed by atoms with Crippen LogP contribution in [0.2, 0.25) is 0 Å². The van der Waals surface area contributed by atoms with E-state index in [0.29, 0.717) is 0 Å². The molecule has 549 valence electrons. The van der Waals surface area contributed by atoms with Crippen molar-refractivity contribution in [2.45, 2.75) is 62.3 Å². The molecular weight excluding hydrogens is 1930 g/mol. The topological polar surface area (TPSA) is 151 Å². The summed E-state index contributed by atoms with van der Waals surface area (Å²) in [6.45, 7) is 15.0. The number of aliphatic hydroxyl groups is 3. The number of aliphatic hydroxyl groups excluding tert-OH is 3. The Morgan fingerprint density at radius 1 is 0.324 bits per heavy atom. The van der Waals surface area contributed by atoms with Gasteiger partial charge in [-0.2, -0.15) is 0 Å². The van der Waals surface area contributed by atoms with Crippen molar-refractivity contribution in [3.05, 3.63) is 344 Å². The molecule has 0 saturated carbocycles. The number of thiophene rings is 3. The van der Waals surface area contributed by atoms with Crippen LogP contribution in [0, 0.1) is 39.0 Å². The summed E-state index contributed by atoms with van der Waals surface area (Å²) in [7, 11) is 0. The molecule has 9 nitrogen and oxygen atoms in total. The van der Waals surface area contributed by atoms with Gasteiger partial charge in [-0.05, 0) is 142 Å². The summed E-state index contributed by atoms with van der Waals surface area (Å²) < 4.78 is 3.75. The third-order valence-electron chi connectivity index (χ3n) is 16.1. The van der Waals surface area contributed by atoms with E-state index in [-0.39, 0.29) is 94.9 Å². The van der Waals surface area contributed by atoms with Crippen LogP contribution in [-0.4, -0.2) is 47.6 Å². The van der Waals surface area contributed by atoms with Gasteiger partial charge in [-0.25, -0.2) is 0 Å². The standard InChI is InChI=1S/C27H20NS.C26H18NS.C25H16NS.3C5H8O2.3Ir/c1-18-8-6-9-19(2)27(18)26-15-23-17-28-24(16-25(23)29-26)22-13-7-12-21(14-22)20-10-4-3-5-11-20;1-18-10-12-20(13-11-18)25-15-23-17-27-24(16-26(23)28-25)22-9-5-8-21(14-22)19-6-3-2-4-7-19;1-3-8-18(9-4-1)20-12-7-13-21(14-20)23-16-25-22(17-26-23)15-24(27-25)19-10-5-2-6-11-19;3*1-4(6)3-5(2)7;;;/h3-12,14-17H,1-2H3;2-8,10-17H,1H3;1-12,14-17H;3*3,6H,1-2H3;;;/q3*-1;;;;;;. The van der Waals surface area contributed by atoms with Crippen LogP contribution in [0.5, 0.6) is 0 Å². The molecule has 9 aromatic carbocycles. The third kappa shape index (κ3) is 24.7. The second kappa shape index (κ2) is 41.9. The van der Waals surface area contributed by atoms with Crippen molar-refractivity contribution in [1.29, 1.82) is 0 Å². The van der Waals surface area contributed by atoms with Crippen LogP contribution in [0.1, 0.15) is 58.2 Å². The summed E-state index contributed by atoms with van der Waals surface area (Å²) >= 11 is 5.45. The molecule has 0 fully saturated rings. The number of allylic oxidation sites excluding steroid dienone is 6. The predicted octanol–water partition coefficient (Wildman–Crippen LogP) is 25.3. The Morgan fingerprint density at radius 2 is 0.611 bits per heavy atom. The number of nitrogens with zero attached hydrogens (tertiary/aromatic N) is 3. The molecule has 15 rings (SSSR count). The van der Waals surface area contributed by atoms with Crippen LogP contribution in [0.15, 0.2) is 309 Å². The summed E-state index contributed by atoms with van der Waals surface area (Å²) in [6.07, 6.45) is 9.43. The number of aromatic nitrogens is 3. The van der Waals surface area contributed by atoms with Gasteiger partial charge >= 0.3 is 0 Å². The van der Waals surface area contributed by atoms with Crippen molar-refractivity contribution in [3.8, 4) is 98.5 Å². The van der Waals surface area contributed by atoms with Gasteiger partial charge in [0.25, 0.3) is 0 Å². The Hall–Kier alpha value is -10.1. The van der Waals surface area contributed by atoms with E-state index in [4.69, 9.17) is 30.3 Å². The monoisotopic (exact) mass is 2010 g/mol. The van der Waals surface area contributed by atoms with E-state index in [1.807, 2.05) is 83.7 Å². The summed E-state index contributed by atoms with van der Waals surface area (Å²) in [5.41, 5.74) is 20.9. The molecule has 0 amide bonds. The van der Waals surface area contributed by atoms with Crippen LogP contribution < -0.4 is 0 Å². The van der Waals surface area contributed by atoms with E-state index in [0.717, 1.165) is 33.8 Å². The summed E-state index contributed by atoms with van der Waals surface area (Å²) in [4.78, 5) is 48.0. The predicted molar refractivity (Wildman–Crippen MR) is 440 cm³/mol. The first-order chi connectivity index (χ1) is 50.7. The molecule has 3 radical (unpaired) electrons. The Kier molecular flexibility index (Phi) is 33.0. The first kappa shape index (κ1) is 85.1. The zero-order chi connectivity index (χ0) is 74.4. The van der Waals surface area contributed by atoms with Gasteiger partial charge in [0.15, 0.2) is 17.3 Å². The maximum Gasteiger partial charge on any atom is 0.155 e. The number of carbonyl (C=O) groups is 3. The van der Waals surface area contributed by atoms with Crippen molar-refractivity contribution >= 4 is 81.6 Å². The number of rotatable bonds is 12. The molecule has 6 aromatic heterocycles. The first-order valence-electron chi connectivity index (χ1n) is 33.9. The van der Waals surface area contributed by atoms with Gasteiger partial charge in [-0.1, -0.05) is 188 Å². The van der Waals surface area contributed by atoms with Gasteiger partial charge in [-0.3, -0.25) is 14.4 Å². The Morgan fingerprint density at radius 3 is 0.907 bits per heavy atom. The maximum atomic E-state index is 10.0. The van der Waals surface area contributed by atoms with Gasteiger partial charge in [0.2, 0.25) is 0 Å². The van der Waals surface area contributed by atoms with E-state index in [1.165, 1.54) is 171 Å². The zero-order valence-corrected chi connectivity index (χ0v) is 70.5. The maximum absolute atomic E-state index is 10.0. The number of fused-ring (bicyclic) bond motifs is 3. The zero-order valence-electron chi connectivity index (χ0n) is 60.8. The number of hydrogen-bond donors (Lipinski definition) is 3. The van der Waals surface area contributed by atoms with E-state index < -0.39 is 0 Å². The summed E-state index contributed by atoms with van der Waals surface area (Å²) in [5, 5.41) is 28.6. The van der Waals surface area contributed by atoms with E-state index >= 15 is 0 Å². The quantitative estimate of drug-likeness (QED) is 0.0617. The van der Waals surface area contributed by atoms with Gasteiger partial charge in [0.05, 0.1) is 17.3 Å². The third-order valence-corrected chi connectivity index (χ3v) is 19.5. The molecule has 15 aromatic rings. The van der Waals surface area contributed by atoms with E-state index in [2.05, 4.69) is 251 Å². The molecule has 0 atom stereocenters. The normalized spacial score (nSPS) is 10.8. The minimum Gasteiger partial charge on any atom is -0.512 e. The average molecular weight is 2010 g/mol. The number of ketones is 3. The second-order valence-corrected chi connectivity index (χ2v) is 28.2. The van der Waals surface area contributed by atoms with E-state index in [1.54, 1.807) is 11.3 Å². The van der Waals surface area contributed by atoms with Crippen LogP contribution in [0.25, 0.3) is 129 Å². The van der Waals surface area contributed by atoms with Crippen molar-refractivity contribution in [2.75, 3.05) is 0 Å². The van der Waals surface area contributed by atoms with Gasteiger partial charge in [0, 0.05) is 142 Å². The SMILES string of the molecule is CC(=O)C=C(C)O.CC(=O)C=C(C)O.CC(=O)C=C(C)O.Cc1ccc(-c2cc3cnc(-c4[c-]ccc(-c5ccccc5)c4)cc3s2)cc1.Cc1cccc(C)c1-c1cc2cnc(-c3[c-]ccc(-c4ccccc4)c3)cc2s1.[Ir].[Ir].[Ir].[c-]1ccc(-c2ccccc2)cc1-c1cc2sc(-c3ccccc3)cc2cn1. The molecule has 108 heavy (non-hydrogen) atoms. The van der Waals surface area contributed by atoms with Crippen LogP contribution in [0.4, 0.5) is 0 Å². The second-order valence-electron chi connectivity index (χ2n) is 24.9. The molecule has 0 unspecified atom stereocenters. The van der Waals surface area contributed by atoms with Crippen molar-refractivity contribution in [1.82, 2.24) is 15.0 Å². The van der Waals surface area contributed by atoms with Crippen molar-refractivity contribution in [3.63, 3.8) is 0 Å². The van der Waals surface area contributed by atoms with Gasteiger partial charge in [0.1, 0.15) is 0 Å². The smallest absolute Gasteiger partial charge is 0.155 e. The largest absolute Gasteiger partial charge is 0.512 e. The molecule has 15 heteroatoms. The molecular formula is C93H78Ir3N3O6S3-3. The fourth-order valence-corrected chi connectivity index (χ4v) is 14.7.